The smallest absolute Gasteiger partial charge is 0.338 e. The predicted octanol–water partition coefficient (Wildman–Crippen LogP) is 6.27. The van der Waals surface area contributed by atoms with Crippen LogP contribution < -0.4 is 29.1 Å². The van der Waals surface area contributed by atoms with Crippen LogP contribution >= 0.6 is 27.3 Å². The third-order valence-electron chi connectivity index (χ3n) is 7.68. The SMILES string of the molecule is CCOC(=O)C1=C(c2ccccc2)N=c2s/c(=C/c3c(OCC)ccc4ccccc34)c(=O)n2C1c1cc(Br)c(OC)cc1OC. The second-order valence-corrected chi connectivity index (χ2v) is 12.2. The Balaban J connectivity index is 1.72. The molecule has 0 fully saturated rings. The topological polar surface area (TPSA) is 88.4 Å². The van der Waals surface area contributed by atoms with Crippen LogP contribution in [-0.4, -0.2) is 38.0 Å². The maximum atomic E-state index is 14.6. The number of methoxy groups -OCH3 is 2. The van der Waals surface area contributed by atoms with Gasteiger partial charge in [-0.1, -0.05) is 72.0 Å². The number of halogens is 1. The maximum absolute atomic E-state index is 14.6. The van der Waals surface area contributed by atoms with Crippen molar-refractivity contribution in [1.29, 1.82) is 0 Å². The van der Waals surface area contributed by atoms with E-state index in [-0.39, 0.29) is 17.7 Å². The molecule has 1 aliphatic rings. The fourth-order valence-electron chi connectivity index (χ4n) is 5.67. The molecule has 5 aromatic rings. The molecular weight excluding hydrogens is 668 g/mol. The number of carbonyl (C=O) groups excluding carboxylic acids is 1. The Kier molecular flexibility index (Phi) is 9.10. The molecule has 0 saturated carbocycles. The predicted molar refractivity (Wildman–Crippen MR) is 183 cm³/mol. The minimum atomic E-state index is -0.927. The maximum Gasteiger partial charge on any atom is 0.338 e. The first-order valence-electron chi connectivity index (χ1n) is 14.7. The molecule has 0 N–H and O–H groups in total. The number of benzene rings is 4. The summed E-state index contributed by atoms with van der Waals surface area (Å²) in [6.07, 6.45) is 1.85. The third-order valence-corrected chi connectivity index (χ3v) is 9.28. The lowest BCUT2D eigenvalue weighted by Gasteiger charge is -2.27. The van der Waals surface area contributed by atoms with Crippen LogP contribution in [0.5, 0.6) is 17.2 Å². The molecule has 1 unspecified atom stereocenters. The number of ether oxygens (including phenoxy) is 4. The Hall–Kier alpha value is -4.67. The van der Waals surface area contributed by atoms with E-state index in [4.69, 9.17) is 23.9 Å². The zero-order valence-corrected chi connectivity index (χ0v) is 28.1. The normalized spacial score (nSPS) is 14.5. The largest absolute Gasteiger partial charge is 0.496 e. The summed E-state index contributed by atoms with van der Waals surface area (Å²) >= 11 is 4.85. The summed E-state index contributed by atoms with van der Waals surface area (Å²) in [5, 5.41) is 1.97. The second kappa shape index (κ2) is 13.4. The number of rotatable bonds is 9. The Bertz CT molecular complexity index is 2170. The lowest BCUT2D eigenvalue weighted by molar-refractivity contribution is -0.138. The Morgan fingerprint density at radius 3 is 2.39 bits per heavy atom. The minimum Gasteiger partial charge on any atom is -0.496 e. The van der Waals surface area contributed by atoms with Gasteiger partial charge in [0, 0.05) is 22.8 Å². The summed E-state index contributed by atoms with van der Waals surface area (Å²) in [5.41, 5.74) is 2.40. The van der Waals surface area contributed by atoms with Crippen LogP contribution in [-0.2, 0) is 9.53 Å². The van der Waals surface area contributed by atoms with Crippen molar-refractivity contribution in [1.82, 2.24) is 4.57 Å². The lowest BCUT2D eigenvalue weighted by Crippen LogP contribution is -2.40. The van der Waals surface area contributed by atoms with Crippen LogP contribution in [0, 0.1) is 0 Å². The van der Waals surface area contributed by atoms with E-state index in [0.717, 1.165) is 16.3 Å². The van der Waals surface area contributed by atoms with Gasteiger partial charge in [0.1, 0.15) is 23.3 Å². The number of esters is 1. The molecule has 6 rings (SSSR count). The first kappa shape index (κ1) is 31.3. The van der Waals surface area contributed by atoms with Gasteiger partial charge in [-0.25, -0.2) is 9.79 Å². The molecule has 46 heavy (non-hydrogen) atoms. The van der Waals surface area contributed by atoms with E-state index in [1.54, 1.807) is 24.7 Å². The first-order chi connectivity index (χ1) is 22.4. The first-order valence-corrected chi connectivity index (χ1v) is 16.4. The van der Waals surface area contributed by atoms with E-state index in [1.165, 1.54) is 18.4 Å². The third kappa shape index (κ3) is 5.63. The van der Waals surface area contributed by atoms with Crippen LogP contribution in [0.3, 0.4) is 0 Å². The number of aromatic nitrogens is 1. The van der Waals surface area contributed by atoms with Gasteiger partial charge < -0.3 is 18.9 Å². The fraction of sp³-hybridized carbons (Fsp3) is 0.194. The molecule has 0 saturated heterocycles. The molecule has 4 aromatic carbocycles. The highest BCUT2D eigenvalue weighted by Crippen LogP contribution is 2.42. The number of fused-ring (bicyclic) bond motifs is 2. The Morgan fingerprint density at radius 1 is 0.935 bits per heavy atom. The van der Waals surface area contributed by atoms with Crippen molar-refractivity contribution >= 4 is 55.8 Å². The van der Waals surface area contributed by atoms with Gasteiger partial charge in [0.2, 0.25) is 0 Å². The minimum absolute atomic E-state index is 0.145. The van der Waals surface area contributed by atoms with Crippen LogP contribution in [0.4, 0.5) is 0 Å². The molecule has 234 valence electrons. The number of carbonyl (C=O) groups is 1. The highest BCUT2D eigenvalue weighted by Gasteiger charge is 2.37. The summed E-state index contributed by atoms with van der Waals surface area (Å²) in [6.45, 7) is 4.28. The molecule has 0 spiro atoms. The Labute approximate surface area is 278 Å². The van der Waals surface area contributed by atoms with Crippen molar-refractivity contribution in [3.05, 3.63) is 125 Å². The number of hydrogen-bond donors (Lipinski definition) is 0. The molecule has 1 atom stereocenters. The molecule has 1 aliphatic heterocycles. The van der Waals surface area contributed by atoms with Crippen LogP contribution in [0.15, 0.2) is 98.7 Å². The van der Waals surface area contributed by atoms with Gasteiger partial charge in [0.15, 0.2) is 4.80 Å². The van der Waals surface area contributed by atoms with E-state index in [1.807, 2.05) is 85.8 Å². The van der Waals surface area contributed by atoms with Crippen molar-refractivity contribution in [3.63, 3.8) is 0 Å². The standard InChI is InChI=1S/C36H31BrN2O6S/c1-5-44-27-17-16-21-12-10-11-15-23(21)24(27)19-30-34(40)39-33(25-18-26(37)29(43-4)20-28(25)42-3)31(35(41)45-6-2)32(38-36(39)46-30)22-13-8-7-9-14-22/h7-20,33H,5-6H2,1-4H3/b30-19+. The molecule has 8 nitrogen and oxygen atoms in total. The van der Waals surface area contributed by atoms with E-state index in [2.05, 4.69) is 15.9 Å². The van der Waals surface area contributed by atoms with Gasteiger partial charge in [0.25, 0.3) is 5.56 Å². The van der Waals surface area contributed by atoms with Crippen molar-refractivity contribution in [2.24, 2.45) is 4.99 Å². The molecule has 0 bridgehead atoms. The molecule has 2 heterocycles. The van der Waals surface area contributed by atoms with E-state index in [0.29, 0.717) is 54.5 Å². The summed E-state index contributed by atoms with van der Waals surface area (Å²) in [4.78, 5) is 33.9. The molecular formula is C36H31BrN2O6S. The summed E-state index contributed by atoms with van der Waals surface area (Å²) in [6, 6.07) is 23.9. The van der Waals surface area contributed by atoms with E-state index < -0.39 is 12.0 Å². The van der Waals surface area contributed by atoms with Gasteiger partial charge in [-0.3, -0.25) is 9.36 Å². The van der Waals surface area contributed by atoms with Crippen molar-refractivity contribution in [2.75, 3.05) is 27.4 Å². The van der Waals surface area contributed by atoms with Gasteiger partial charge in [-0.15, -0.1) is 0 Å². The average molecular weight is 700 g/mol. The fourth-order valence-corrected chi connectivity index (χ4v) is 7.17. The van der Waals surface area contributed by atoms with Gasteiger partial charge in [-0.05, 0) is 58.8 Å². The molecule has 0 radical (unpaired) electrons. The van der Waals surface area contributed by atoms with Crippen molar-refractivity contribution in [3.8, 4) is 17.2 Å². The molecule has 10 heteroatoms. The highest BCUT2D eigenvalue weighted by molar-refractivity contribution is 9.10. The van der Waals surface area contributed by atoms with Crippen molar-refractivity contribution in [2.45, 2.75) is 19.9 Å². The summed E-state index contributed by atoms with van der Waals surface area (Å²) in [5.74, 6) is 1.06. The van der Waals surface area contributed by atoms with E-state index in [9.17, 15) is 9.59 Å². The zero-order valence-electron chi connectivity index (χ0n) is 25.7. The van der Waals surface area contributed by atoms with Crippen LogP contribution in [0.1, 0.15) is 36.6 Å². The van der Waals surface area contributed by atoms with Gasteiger partial charge in [0.05, 0.1) is 47.7 Å². The lowest BCUT2D eigenvalue weighted by atomic mass is 9.92. The molecule has 0 amide bonds. The molecule has 1 aromatic heterocycles. The summed E-state index contributed by atoms with van der Waals surface area (Å²) < 4.78 is 25.6. The molecule has 0 aliphatic carbocycles. The highest BCUT2D eigenvalue weighted by atomic mass is 79.9. The summed E-state index contributed by atoms with van der Waals surface area (Å²) in [7, 11) is 3.10. The van der Waals surface area contributed by atoms with Crippen molar-refractivity contribution < 1.29 is 23.7 Å². The van der Waals surface area contributed by atoms with Crippen LogP contribution in [0.2, 0.25) is 0 Å². The number of nitrogens with zero attached hydrogens (tertiary/aromatic N) is 2. The van der Waals surface area contributed by atoms with Gasteiger partial charge >= 0.3 is 5.97 Å². The quantitative estimate of drug-likeness (QED) is 0.169. The van der Waals surface area contributed by atoms with E-state index >= 15 is 0 Å². The zero-order chi connectivity index (χ0) is 32.4. The van der Waals surface area contributed by atoms with Gasteiger partial charge in [-0.2, -0.15) is 0 Å². The second-order valence-electron chi connectivity index (χ2n) is 10.3. The average Bonchev–Trinajstić information content (AvgIpc) is 3.39. The number of thiazole rings is 1. The monoisotopic (exact) mass is 698 g/mol. The van der Waals surface area contributed by atoms with Crippen LogP contribution in [0.25, 0.3) is 22.5 Å². The Morgan fingerprint density at radius 2 is 1.67 bits per heavy atom. The number of hydrogen-bond acceptors (Lipinski definition) is 8.